The lowest BCUT2D eigenvalue weighted by Gasteiger charge is -2.28. The number of rotatable bonds is 4. The predicted molar refractivity (Wildman–Crippen MR) is 104 cm³/mol. The van der Waals surface area contributed by atoms with Crippen molar-refractivity contribution in [2.45, 2.75) is 6.18 Å². The van der Waals surface area contributed by atoms with E-state index in [0.717, 1.165) is 29.5 Å². The fraction of sp³-hybridized carbons (Fsp3) is 0.250. The van der Waals surface area contributed by atoms with E-state index in [-0.39, 0.29) is 5.91 Å². The number of carbonyl (C=O) groups excluding carboxylic acids is 1. The number of nitrogens with zero attached hydrogens (tertiary/aromatic N) is 4. The summed E-state index contributed by atoms with van der Waals surface area (Å²) in [4.78, 5) is 18.9. The minimum atomic E-state index is -4.50. The average molecular weight is 417 g/mol. The Morgan fingerprint density at radius 3 is 2.30 bits per heavy atom. The number of pyridine rings is 1. The van der Waals surface area contributed by atoms with Gasteiger partial charge in [-0.05, 0) is 42.5 Å². The summed E-state index contributed by atoms with van der Waals surface area (Å²) in [5.41, 5.74) is 0.741. The molecule has 0 bridgehead atoms. The van der Waals surface area contributed by atoms with Gasteiger partial charge < -0.3 is 15.0 Å². The Hall–Kier alpha value is -3.40. The van der Waals surface area contributed by atoms with E-state index in [1.807, 2.05) is 6.07 Å². The molecule has 1 N–H and O–H groups in total. The Morgan fingerprint density at radius 2 is 1.70 bits per heavy atom. The van der Waals surface area contributed by atoms with Crippen molar-refractivity contribution in [3.05, 3.63) is 66.1 Å². The summed E-state index contributed by atoms with van der Waals surface area (Å²) in [6, 6.07) is 10.6. The lowest BCUT2D eigenvalue weighted by atomic mass is 10.2. The zero-order valence-corrected chi connectivity index (χ0v) is 15.8. The Labute approximate surface area is 170 Å². The van der Waals surface area contributed by atoms with Crippen LogP contribution in [0, 0.1) is 0 Å². The van der Waals surface area contributed by atoms with Gasteiger partial charge in [-0.25, -0.2) is 9.67 Å². The number of hydrogen-bond acceptors (Lipinski definition) is 5. The van der Waals surface area contributed by atoms with Crippen LogP contribution >= 0.6 is 0 Å². The van der Waals surface area contributed by atoms with Gasteiger partial charge in [-0.1, -0.05) is 0 Å². The molecule has 1 fully saturated rings. The van der Waals surface area contributed by atoms with E-state index in [0.29, 0.717) is 30.3 Å². The second-order valence-electron chi connectivity index (χ2n) is 6.65. The summed E-state index contributed by atoms with van der Waals surface area (Å²) in [6.45, 7) is 2.93. The first-order valence-electron chi connectivity index (χ1n) is 9.23. The largest absolute Gasteiger partial charge is 0.435 e. The highest BCUT2D eigenvalue weighted by Gasteiger charge is 2.33. The summed E-state index contributed by atoms with van der Waals surface area (Å²) in [5.74, 6) is 0.0348. The van der Waals surface area contributed by atoms with E-state index in [9.17, 15) is 18.0 Å². The summed E-state index contributed by atoms with van der Waals surface area (Å²) < 4.78 is 44.5. The molecule has 0 radical (unpaired) electrons. The van der Waals surface area contributed by atoms with Crippen LogP contribution in [0.5, 0.6) is 0 Å². The van der Waals surface area contributed by atoms with Gasteiger partial charge in [0.1, 0.15) is 5.82 Å². The number of morpholine rings is 1. The number of amides is 1. The number of anilines is 2. The predicted octanol–water partition coefficient (Wildman–Crippen LogP) is 3.38. The molecular formula is C20H18F3N5O2. The van der Waals surface area contributed by atoms with E-state index in [1.165, 1.54) is 30.5 Å². The van der Waals surface area contributed by atoms with E-state index in [1.54, 1.807) is 12.3 Å². The molecule has 1 saturated heterocycles. The summed E-state index contributed by atoms with van der Waals surface area (Å²) in [6.07, 6.45) is -1.59. The number of benzene rings is 1. The number of aromatic nitrogens is 3. The van der Waals surface area contributed by atoms with Crippen molar-refractivity contribution in [3.63, 3.8) is 0 Å². The lowest BCUT2D eigenvalue weighted by Crippen LogP contribution is -2.36. The molecule has 3 aromatic rings. The number of hydrogen-bond donors (Lipinski definition) is 1. The fourth-order valence-corrected chi connectivity index (χ4v) is 3.04. The van der Waals surface area contributed by atoms with Gasteiger partial charge in [0.15, 0.2) is 5.69 Å². The van der Waals surface area contributed by atoms with Gasteiger partial charge in [0, 0.05) is 24.8 Å². The van der Waals surface area contributed by atoms with E-state index in [2.05, 4.69) is 20.3 Å². The Balaban J connectivity index is 1.40. The molecule has 10 heteroatoms. The molecule has 0 atom stereocenters. The van der Waals surface area contributed by atoms with Gasteiger partial charge in [0.25, 0.3) is 5.91 Å². The van der Waals surface area contributed by atoms with Crippen LogP contribution < -0.4 is 10.2 Å². The van der Waals surface area contributed by atoms with Gasteiger partial charge in [-0.2, -0.15) is 18.3 Å². The Bertz CT molecular complexity index is 1010. The second-order valence-corrected chi connectivity index (χ2v) is 6.65. The van der Waals surface area contributed by atoms with Crippen molar-refractivity contribution in [2.75, 3.05) is 36.5 Å². The van der Waals surface area contributed by atoms with Gasteiger partial charge in [0.05, 0.1) is 30.8 Å². The molecule has 2 aromatic heterocycles. The molecule has 0 saturated carbocycles. The molecule has 7 nitrogen and oxygen atoms in total. The van der Waals surface area contributed by atoms with Crippen LogP contribution in [-0.4, -0.2) is 47.0 Å². The molecule has 30 heavy (non-hydrogen) atoms. The van der Waals surface area contributed by atoms with Crippen molar-refractivity contribution < 1.29 is 22.7 Å². The third kappa shape index (κ3) is 4.43. The van der Waals surface area contributed by atoms with Crippen LogP contribution in [0.2, 0.25) is 0 Å². The first-order valence-corrected chi connectivity index (χ1v) is 9.23. The molecule has 1 aliphatic rings. The molecule has 0 spiro atoms. The number of ether oxygens (including phenoxy) is 1. The third-order valence-corrected chi connectivity index (χ3v) is 4.64. The highest BCUT2D eigenvalue weighted by Crippen LogP contribution is 2.28. The average Bonchev–Trinajstić information content (AvgIpc) is 3.26. The van der Waals surface area contributed by atoms with E-state index in [4.69, 9.17) is 4.74 Å². The Morgan fingerprint density at radius 1 is 1.00 bits per heavy atom. The normalized spacial score (nSPS) is 14.6. The van der Waals surface area contributed by atoms with Gasteiger partial charge in [0.2, 0.25) is 0 Å². The summed E-state index contributed by atoms with van der Waals surface area (Å²) in [5, 5.41) is 6.22. The molecule has 1 amide bonds. The molecule has 3 heterocycles. The van der Waals surface area contributed by atoms with Crippen LogP contribution in [0.3, 0.4) is 0 Å². The van der Waals surface area contributed by atoms with E-state index >= 15 is 0 Å². The molecule has 156 valence electrons. The van der Waals surface area contributed by atoms with Crippen molar-refractivity contribution >= 4 is 17.4 Å². The summed E-state index contributed by atoms with van der Waals surface area (Å²) in [7, 11) is 0. The number of carbonyl (C=O) groups is 1. The zero-order chi connectivity index (χ0) is 21.1. The first kappa shape index (κ1) is 19.9. The highest BCUT2D eigenvalue weighted by atomic mass is 19.4. The molecule has 4 rings (SSSR count). The van der Waals surface area contributed by atoms with Crippen LogP contribution in [0.4, 0.5) is 24.7 Å². The maximum atomic E-state index is 12.7. The summed E-state index contributed by atoms with van der Waals surface area (Å²) >= 11 is 0. The zero-order valence-electron chi connectivity index (χ0n) is 15.8. The lowest BCUT2D eigenvalue weighted by molar-refractivity contribution is -0.141. The molecular weight excluding hydrogens is 399 g/mol. The molecule has 1 aliphatic heterocycles. The Kier molecular flexibility index (Phi) is 5.40. The van der Waals surface area contributed by atoms with Gasteiger partial charge in [-0.3, -0.25) is 4.79 Å². The van der Waals surface area contributed by atoms with Gasteiger partial charge >= 0.3 is 6.18 Å². The minimum Gasteiger partial charge on any atom is -0.378 e. The number of nitrogens with one attached hydrogen (secondary N) is 1. The molecule has 0 aliphatic carbocycles. The van der Waals surface area contributed by atoms with Gasteiger partial charge in [-0.15, -0.1) is 0 Å². The van der Waals surface area contributed by atoms with E-state index < -0.39 is 11.9 Å². The van der Waals surface area contributed by atoms with Crippen LogP contribution in [0.25, 0.3) is 5.69 Å². The number of halogens is 3. The second kappa shape index (κ2) is 8.15. The highest BCUT2D eigenvalue weighted by molar-refractivity contribution is 6.03. The van der Waals surface area contributed by atoms with Crippen molar-refractivity contribution in [1.29, 1.82) is 0 Å². The van der Waals surface area contributed by atoms with Crippen LogP contribution in [0.15, 0.2) is 54.9 Å². The molecule has 0 unspecified atom stereocenters. The SMILES string of the molecule is O=C(Nc1ccc(N2CCOCC2)cn1)c1ccc(-n2ccc(C(F)(F)F)n2)cc1. The first-order chi connectivity index (χ1) is 14.4. The van der Waals surface area contributed by atoms with Crippen LogP contribution in [-0.2, 0) is 10.9 Å². The third-order valence-electron chi connectivity index (χ3n) is 4.64. The van der Waals surface area contributed by atoms with Crippen molar-refractivity contribution in [3.8, 4) is 5.69 Å². The maximum absolute atomic E-state index is 12.7. The van der Waals surface area contributed by atoms with Crippen molar-refractivity contribution in [1.82, 2.24) is 14.8 Å². The molecule has 1 aromatic carbocycles. The van der Waals surface area contributed by atoms with Crippen LogP contribution in [0.1, 0.15) is 16.1 Å². The minimum absolute atomic E-state index is 0.348. The standard InChI is InChI=1S/C20H18F3N5O2/c21-20(22,23)17-7-8-28(26-17)15-3-1-14(2-4-15)19(29)25-18-6-5-16(13-24-18)27-9-11-30-12-10-27/h1-8,13H,9-12H2,(H,24,25,29). The monoisotopic (exact) mass is 417 g/mol. The number of alkyl halides is 3. The van der Waals surface area contributed by atoms with Crippen molar-refractivity contribution in [2.24, 2.45) is 0 Å². The maximum Gasteiger partial charge on any atom is 0.435 e. The quantitative estimate of drug-likeness (QED) is 0.705. The fourth-order valence-electron chi connectivity index (χ4n) is 3.04. The topological polar surface area (TPSA) is 72.3 Å². The smallest absolute Gasteiger partial charge is 0.378 e.